The van der Waals surface area contributed by atoms with Crippen LogP contribution in [0.5, 0.6) is 0 Å². The highest BCUT2D eigenvalue weighted by Crippen LogP contribution is 2.12. The van der Waals surface area contributed by atoms with Gasteiger partial charge in [0.15, 0.2) is 0 Å². The molecule has 0 aromatic carbocycles. The molecule has 1 unspecified atom stereocenters. The predicted molar refractivity (Wildman–Crippen MR) is 60.8 cm³/mol. The Morgan fingerprint density at radius 3 is 2.80 bits per heavy atom. The summed E-state index contributed by atoms with van der Waals surface area (Å²) in [5.74, 6) is 0.614. The first-order valence-corrected chi connectivity index (χ1v) is 7.07. The molecule has 6 heteroatoms. The first-order chi connectivity index (χ1) is 7.14. The van der Waals surface area contributed by atoms with Gasteiger partial charge in [-0.15, -0.1) is 0 Å². The zero-order valence-corrected chi connectivity index (χ0v) is 10.1. The summed E-state index contributed by atoms with van der Waals surface area (Å²) < 4.78 is 27.4. The van der Waals surface area contributed by atoms with Gasteiger partial charge in [-0.05, 0) is 38.3 Å². The molecule has 0 aromatic heterocycles. The highest BCUT2D eigenvalue weighted by atomic mass is 32.2. The van der Waals surface area contributed by atoms with Crippen LogP contribution in [0, 0.1) is 5.92 Å². The van der Waals surface area contributed by atoms with Crippen LogP contribution in [-0.4, -0.2) is 34.6 Å². The lowest BCUT2D eigenvalue weighted by molar-refractivity contribution is 0.358. The molecule has 1 aliphatic heterocycles. The molecule has 15 heavy (non-hydrogen) atoms. The standard InChI is InChI=1S/C9H21N3O2S/c1-2-11-15(13,14)12-7-5-9-4-3-6-10-8-9/h9-12H,2-8H2,1H3. The molecule has 0 saturated carbocycles. The van der Waals surface area contributed by atoms with Crippen LogP contribution in [0.25, 0.3) is 0 Å². The summed E-state index contributed by atoms with van der Waals surface area (Å²) >= 11 is 0. The number of hydrogen-bond donors (Lipinski definition) is 3. The average Bonchev–Trinajstić information content (AvgIpc) is 2.19. The number of rotatable bonds is 6. The van der Waals surface area contributed by atoms with Crippen molar-refractivity contribution >= 4 is 10.2 Å². The maximum Gasteiger partial charge on any atom is 0.276 e. The van der Waals surface area contributed by atoms with Crippen molar-refractivity contribution in [2.45, 2.75) is 26.2 Å². The fraction of sp³-hybridized carbons (Fsp3) is 1.00. The summed E-state index contributed by atoms with van der Waals surface area (Å²) in [6, 6.07) is 0. The molecule has 0 bridgehead atoms. The van der Waals surface area contributed by atoms with Crippen LogP contribution in [0.3, 0.4) is 0 Å². The minimum atomic E-state index is -3.25. The van der Waals surface area contributed by atoms with Gasteiger partial charge >= 0.3 is 0 Å². The SMILES string of the molecule is CCNS(=O)(=O)NCCC1CCCNC1. The van der Waals surface area contributed by atoms with Crippen molar-refractivity contribution in [1.82, 2.24) is 14.8 Å². The summed E-state index contributed by atoms with van der Waals surface area (Å²) in [6.45, 7) is 4.84. The van der Waals surface area contributed by atoms with Crippen molar-refractivity contribution in [3.8, 4) is 0 Å². The normalized spacial score (nSPS) is 22.9. The molecule has 0 aliphatic carbocycles. The van der Waals surface area contributed by atoms with E-state index in [9.17, 15) is 8.42 Å². The maximum absolute atomic E-state index is 11.2. The van der Waals surface area contributed by atoms with E-state index in [0.717, 1.165) is 19.5 Å². The van der Waals surface area contributed by atoms with Crippen molar-refractivity contribution in [3.63, 3.8) is 0 Å². The van der Waals surface area contributed by atoms with Gasteiger partial charge in [-0.2, -0.15) is 8.42 Å². The van der Waals surface area contributed by atoms with Crippen molar-refractivity contribution in [2.24, 2.45) is 5.92 Å². The van der Waals surface area contributed by atoms with Gasteiger partial charge in [0.25, 0.3) is 10.2 Å². The fourth-order valence-electron chi connectivity index (χ4n) is 1.81. The molecule has 3 N–H and O–H groups in total. The molecular weight excluding hydrogens is 214 g/mol. The summed E-state index contributed by atoms with van der Waals surface area (Å²) in [4.78, 5) is 0. The summed E-state index contributed by atoms with van der Waals surface area (Å²) in [7, 11) is -3.25. The van der Waals surface area contributed by atoms with Gasteiger partial charge in [0.2, 0.25) is 0 Å². The minimum Gasteiger partial charge on any atom is -0.316 e. The van der Waals surface area contributed by atoms with E-state index in [0.29, 0.717) is 19.0 Å². The highest BCUT2D eigenvalue weighted by molar-refractivity contribution is 7.87. The molecule has 1 atom stereocenters. The van der Waals surface area contributed by atoms with Crippen molar-refractivity contribution in [1.29, 1.82) is 0 Å². The Morgan fingerprint density at radius 1 is 1.40 bits per heavy atom. The Labute approximate surface area is 92.2 Å². The van der Waals surface area contributed by atoms with E-state index in [1.807, 2.05) is 0 Å². The Hall–Kier alpha value is -0.170. The van der Waals surface area contributed by atoms with Gasteiger partial charge in [-0.1, -0.05) is 6.92 Å². The first-order valence-electron chi connectivity index (χ1n) is 5.59. The first kappa shape index (κ1) is 12.9. The van der Waals surface area contributed by atoms with Crippen LogP contribution in [0.1, 0.15) is 26.2 Å². The van der Waals surface area contributed by atoms with Crippen LogP contribution in [-0.2, 0) is 10.2 Å². The molecule has 0 spiro atoms. The smallest absolute Gasteiger partial charge is 0.276 e. The van der Waals surface area contributed by atoms with E-state index in [-0.39, 0.29) is 0 Å². The molecule has 0 aromatic rings. The molecule has 1 heterocycles. The second kappa shape index (κ2) is 6.42. The minimum absolute atomic E-state index is 0.431. The second-order valence-electron chi connectivity index (χ2n) is 3.90. The zero-order valence-electron chi connectivity index (χ0n) is 9.25. The maximum atomic E-state index is 11.2. The molecule has 90 valence electrons. The quantitative estimate of drug-likeness (QED) is 0.598. The van der Waals surface area contributed by atoms with Gasteiger partial charge in [0.1, 0.15) is 0 Å². The number of hydrogen-bond acceptors (Lipinski definition) is 3. The summed E-state index contributed by atoms with van der Waals surface area (Å²) in [5.41, 5.74) is 0. The fourth-order valence-corrected chi connectivity index (χ4v) is 2.68. The summed E-state index contributed by atoms with van der Waals surface area (Å²) in [6.07, 6.45) is 3.32. The van der Waals surface area contributed by atoms with Gasteiger partial charge in [0, 0.05) is 13.1 Å². The predicted octanol–water partition coefficient (Wildman–Crippen LogP) is -0.180. The molecule has 1 rings (SSSR count). The highest BCUT2D eigenvalue weighted by Gasteiger charge is 2.14. The van der Waals surface area contributed by atoms with E-state index in [2.05, 4.69) is 14.8 Å². The second-order valence-corrected chi connectivity index (χ2v) is 5.48. The van der Waals surface area contributed by atoms with Crippen molar-refractivity contribution in [2.75, 3.05) is 26.2 Å². The lowest BCUT2D eigenvalue weighted by Crippen LogP contribution is -2.38. The molecule has 1 saturated heterocycles. The van der Waals surface area contributed by atoms with Crippen LogP contribution in [0.4, 0.5) is 0 Å². The Kier molecular flexibility index (Phi) is 5.52. The van der Waals surface area contributed by atoms with E-state index in [1.54, 1.807) is 6.92 Å². The number of nitrogens with one attached hydrogen (secondary N) is 3. The molecule has 1 aliphatic rings. The van der Waals surface area contributed by atoms with Gasteiger partial charge < -0.3 is 5.32 Å². The largest absolute Gasteiger partial charge is 0.316 e. The number of piperidine rings is 1. The third-order valence-corrected chi connectivity index (χ3v) is 3.83. The Bertz CT molecular complexity index is 261. The molecular formula is C9H21N3O2S. The van der Waals surface area contributed by atoms with Gasteiger partial charge in [0.05, 0.1) is 0 Å². The third-order valence-electron chi connectivity index (χ3n) is 2.58. The van der Waals surface area contributed by atoms with Gasteiger partial charge in [-0.3, -0.25) is 0 Å². The summed E-state index contributed by atoms with van der Waals surface area (Å²) in [5, 5.41) is 3.31. The van der Waals surface area contributed by atoms with E-state index < -0.39 is 10.2 Å². The monoisotopic (exact) mass is 235 g/mol. The van der Waals surface area contributed by atoms with Gasteiger partial charge in [-0.25, -0.2) is 9.44 Å². The molecule has 0 radical (unpaired) electrons. The average molecular weight is 235 g/mol. The molecule has 5 nitrogen and oxygen atoms in total. The van der Waals surface area contributed by atoms with Crippen LogP contribution >= 0.6 is 0 Å². The zero-order chi connectivity index (χ0) is 11.1. The van der Waals surface area contributed by atoms with Crippen LogP contribution < -0.4 is 14.8 Å². The van der Waals surface area contributed by atoms with E-state index in [4.69, 9.17) is 0 Å². The molecule has 0 amide bonds. The van der Waals surface area contributed by atoms with E-state index in [1.165, 1.54) is 12.8 Å². The topological polar surface area (TPSA) is 70.2 Å². The molecule has 1 fully saturated rings. The van der Waals surface area contributed by atoms with Crippen LogP contribution in [0.2, 0.25) is 0 Å². The lowest BCUT2D eigenvalue weighted by Gasteiger charge is -2.22. The van der Waals surface area contributed by atoms with E-state index >= 15 is 0 Å². The Morgan fingerprint density at radius 2 is 2.20 bits per heavy atom. The van der Waals surface area contributed by atoms with Crippen LogP contribution in [0.15, 0.2) is 0 Å². The Balaban J connectivity index is 2.14. The third kappa shape index (κ3) is 5.46. The van der Waals surface area contributed by atoms with Crippen molar-refractivity contribution < 1.29 is 8.42 Å². The van der Waals surface area contributed by atoms with Crippen molar-refractivity contribution in [3.05, 3.63) is 0 Å². The lowest BCUT2D eigenvalue weighted by atomic mass is 9.96.